The van der Waals surface area contributed by atoms with Crippen LogP contribution in [0.15, 0.2) is 4.52 Å². The third kappa shape index (κ3) is 1.69. The number of hydrogen-bond acceptors (Lipinski definition) is 4. The molecule has 0 saturated heterocycles. The van der Waals surface area contributed by atoms with Gasteiger partial charge in [0, 0.05) is 5.92 Å². The first kappa shape index (κ1) is 11.0. The molecule has 0 radical (unpaired) electrons. The molecule has 3 saturated carbocycles. The van der Waals surface area contributed by atoms with E-state index in [0.29, 0.717) is 5.92 Å². The lowest BCUT2D eigenvalue weighted by Gasteiger charge is -2.29. The van der Waals surface area contributed by atoms with E-state index in [2.05, 4.69) is 10.1 Å². The van der Waals surface area contributed by atoms with Gasteiger partial charge in [0.05, 0.1) is 5.54 Å². The summed E-state index contributed by atoms with van der Waals surface area (Å²) in [7, 11) is 0. The fourth-order valence-electron chi connectivity index (χ4n) is 3.93. The Morgan fingerprint density at radius 3 is 2.50 bits per heavy atom. The third-order valence-corrected chi connectivity index (χ3v) is 5.23. The molecular weight excluding hydrogens is 226 g/mol. The van der Waals surface area contributed by atoms with E-state index in [1.165, 1.54) is 38.5 Å². The minimum absolute atomic E-state index is 0.318. The predicted octanol–water partition coefficient (Wildman–Crippen LogP) is 2.70. The quantitative estimate of drug-likeness (QED) is 0.872. The molecule has 3 aliphatic rings. The first-order valence-electron chi connectivity index (χ1n) is 7.37. The molecule has 0 aromatic carbocycles. The van der Waals surface area contributed by atoms with Gasteiger partial charge < -0.3 is 10.3 Å². The summed E-state index contributed by atoms with van der Waals surface area (Å²) in [5, 5.41) is 4.18. The molecular formula is C14H21N3O. The van der Waals surface area contributed by atoms with Crippen molar-refractivity contribution >= 4 is 0 Å². The number of nitrogens with two attached hydrogens (primary N) is 1. The zero-order valence-electron chi connectivity index (χ0n) is 10.8. The molecule has 3 aliphatic carbocycles. The van der Waals surface area contributed by atoms with Crippen LogP contribution in [0, 0.1) is 11.8 Å². The normalized spacial score (nSPS) is 37.5. The van der Waals surface area contributed by atoms with Crippen LogP contribution in [0.3, 0.4) is 0 Å². The highest BCUT2D eigenvalue weighted by Crippen LogP contribution is 2.57. The van der Waals surface area contributed by atoms with Crippen molar-refractivity contribution in [3.8, 4) is 0 Å². The highest BCUT2D eigenvalue weighted by molar-refractivity contribution is 5.10. The third-order valence-electron chi connectivity index (χ3n) is 5.23. The molecule has 0 spiro atoms. The van der Waals surface area contributed by atoms with Gasteiger partial charge in [-0.05, 0) is 43.9 Å². The Balaban J connectivity index is 1.53. The van der Waals surface area contributed by atoms with Crippen LogP contribution in [0.2, 0.25) is 0 Å². The van der Waals surface area contributed by atoms with E-state index < -0.39 is 0 Å². The SMILES string of the molecule is NC1(c2noc(C3CC4CC4C3)n2)CCCCC1. The van der Waals surface area contributed by atoms with Crippen LogP contribution in [0.5, 0.6) is 0 Å². The minimum Gasteiger partial charge on any atom is -0.339 e. The lowest BCUT2D eigenvalue weighted by atomic mass is 9.82. The smallest absolute Gasteiger partial charge is 0.229 e. The van der Waals surface area contributed by atoms with Crippen molar-refractivity contribution in [1.29, 1.82) is 0 Å². The average molecular weight is 247 g/mol. The van der Waals surface area contributed by atoms with Crippen LogP contribution in [-0.4, -0.2) is 10.1 Å². The van der Waals surface area contributed by atoms with Crippen LogP contribution in [0.4, 0.5) is 0 Å². The van der Waals surface area contributed by atoms with Crippen molar-refractivity contribution < 1.29 is 4.52 Å². The Hall–Kier alpha value is -0.900. The van der Waals surface area contributed by atoms with Gasteiger partial charge in [-0.25, -0.2) is 0 Å². The molecule has 0 bridgehead atoms. The van der Waals surface area contributed by atoms with Crippen LogP contribution in [0.1, 0.15) is 69.0 Å². The molecule has 0 aliphatic heterocycles. The molecule has 2 atom stereocenters. The van der Waals surface area contributed by atoms with Crippen molar-refractivity contribution in [2.75, 3.05) is 0 Å². The summed E-state index contributed by atoms with van der Waals surface area (Å²) < 4.78 is 5.49. The number of aromatic nitrogens is 2. The van der Waals surface area contributed by atoms with E-state index in [1.807, 2.05) is 0 Å². The Bertz CT molecular complexity index is 440. The zero-order valence-corrected chi connectivity index (χ0v) is 10.8. The van der Waals surface area contributed by atoms with Gasteiger partial charge >= 0.3 is 0 Å². The Kier molecular flexibility index (Phi) is 2.31. The van der Waals surface area contributed by atoms with Gasteiger partial charge in [0.1, 0.15) is 0 Å². The topological polar surface area (TPSA) is 64.9 Å². The fourth-order valence-corrected chi connectivity index (χ4v) is 3.93. The molecule has 1 aromatic heterocycles. The van der Waals surface area contributed by atoms with Crippen molar-refractivity contribution in [1.82, 2.24) is 10.1 Å². The summed E-state index contributed by atoms with van der Waals surface area (Å²) in [6, 6.07) is 0. The fraction of sp³-hybridized carbons (Fsp3) is 0.857. The summed E-state index contributed by atoms with van der Waals surface area (Å²) >= 11 is 0. The van der Waals surface area contributed by atoms with Crippen LogP contribution < -0.4 is 5.73 Å². The highest BCUT2D eigenvalue weighted by Gasteiger charge is 2.48. The molecule has 4 nitrogen and oxygen atoms in total. The van der Waals surface area contributed by atoms with E-state index in [-0.39, 0.29) is 5.54 Å². The summed E-state index contributed by atoms with van der Waals surface area (Å²) in [4.78, 5) is 4.64. The van der Waals surface area contributed by atoms with Crippen LogP contribution >= 0.6 is 0 Å². The van der Waals surface area contributed by atoms with Gasteiger partial charge in [-0.2, -0.15) is 4.98 Å². The molecule has 98 valence electrons. The number of fused-ring (bicyclic) bond motifs is 1. The van der Waals surface area contributed by atoms with E-state index in [1.54, 1.807) is 0 Å². The summed E-state index contributed by atoms with van der Waals surface area (Å²) in [5.41, 5.74) is 6.13. The van der Waals surface area contributed by atoms with E-state index >= 15 is 0 Å². The first-order chi connectivity index (χ1) is 8.74. The molecule has 2 unspecified atom stereocenters. The minimum atomic E-state index is -0.318. The molecule has 4 rings (SSSR count). The Morgan fingerprint density at radius 2 is 1.78 bits per heavy atom. The maximum Gasteiger partial charge on any atom is 0.229 e. The number of hydrogen-bond donors (Lipinski definition) is 1. The van der Waals surface area contributed by atoms with Gasteiger partial charge in [0.2, 0.25) is 5.89 Å². The largest absolute Gasteiger partial charge is 0.339 e. The van der Waals surface area contributed by atoms with Crippen molar-refractivity contribution in [3.05, 3.63) is 11.7 Å². The standard InChI is InChI=1S/C14H21N3O/c15-14(4-2-1-3-5-14)13-16-12(18-17-13)11-7-9-6-10(9)8-11/h9-11H,1-8,15H2. The monoisotopic (exact) mass is 247 g/mol. The molecule has 1 aromatic rings. The van der Waals surface area contributed by atoms with Crippen LogP contribution in [-0.2, 0) is 5.54 Å². The Labute approximate surface area is 107 Å². The molecule has 1 heterocycles. The second-order valence-corrected chi connectivity index (χ2v) is 6.60. The van der Waals surface area contributed by atoms with Gasteiger partial charge in [-0.15, -0.1) is 0 Å². The van der Waals surface area contributed by atoms with Crippen molar-refractivity contribution in [3.63, 3.8) is 0 Å². The molecule has 2 N–H and O–H groups in total. The summed E-state index contributed by atoms with van der Waals surface area (Å²) in [5.74, 6) is 4.03. The van der Waals surface area contributed by atoms with Gasteiger partial charge in [-0.3, -0.25) is 0 Å². The van der Waals surface area contributed by atoms with Gasteiger partial charge in [0.25, 0.3) is 0 Å². The second-order valence-electron chi connectivity index (χ2n) is 6.60. The van der Waals surface area contributed by atoms with Crippen molar-refractivity contribution in [2.45, 2.75) is 62.8 Å². The van der Waals surface area contributed by atoms with Crippen LogP contribution in [0.25, 0.3) is 0 Å². The maximum atomic E-state index is 6.44. The average Bonchev–Trinajstić information content (AvgIpc) is 2.85. The zero-order chi connectivity index (χ0) is 12.2. The second kappa shape index (κ2) is 3.80. The Morgan fingerprint density at radius 1 is 1.06 bits per heavy atom. The molecule has 4 heteroatoms. The van der Waals surface area contributed by atoms with E-state index in [0.717, 1.165) is 36.4 Å². The summed E-state index contributed by atoms with van der Waals surface area (Å²) in [6.45, 7) is 0. The van der Waals surface area contributed by atoms with E-state index in [9.17, 15) is 0 Å². The predicted molar refractivity (Wildman–Crippen MR) is 66.8 cm³/mol. The van der Waals surface area contributed by atoms with Crippen molar-refractivity contribution in [2.24, 2.45) is 17.6 Å². The molecule has 0 amide bonds. The van der Waals surface area contributed by atoms with Gasteiger partial charge in [0.15, 0.2) is 5.82 Å². The molecule has 3 fully saturated rings. The van der Waals surface area contributed by atoms with Gasteiger partial charge in [-0.1, -0.05) is 24.4 Å². The lowest BCUT2D eigenvalue weighted by molar-refractivity contribution is 0.271. The number of rotatable bonds is 2. The lowest BCUT2D eigenvalue weighted by Crippen LogP contribution is -2.39. The van der Waals surface area contributed by atoms with E-state index in [4.69, 9.17) is 10.3 Å². The first-order valence-corrected chi connectivity index (χ1v) is 7.37. The maximum absolute atomic E-state index is 6.44. The molecule has 18 heavy (non-hydrogen) atoms. The highest BCUT2D eigenvalue weighted by atomic mass is 16.5. The summed E-state index contributed by atoms with van der Waals surface area (Å²) in [6.07, 6.45) is 9.60. The number of nitrogens with zero attached hydrogens (tertiary/aromatic N) is 2.